The van der Waals surface area contributed by atoms with Crippen LogP contribution < -0.4 is 10.6 Å². The normalized spacial score (nSPS) is 19.6. The van der Waals surface area contributed by atoms with E-state index in [1.807, 2.05) is 84.9 Å². The van der Waals surface area contributed by atoms with Gasteiger partial charge in [0.05, 0.1) is 0 Å². The Hall–Kier alpha value is -6.90. The van der Waals surface area contributed by atoms with E-state index >= 15 is 0 Å². The zero-order valence-electron chi connectivity index (χ0n) is 29.7. The maximum atomic E-state index is 13.0. The minimum absolute atomic E-state index is 0.120. The molecule has 0 aromatic heterocycles. The van der Waals surface area contributed by atoms with E-state index in [-0.39, 0.29) is 26.2 Å². The van der Waals surface area contributed by atoms with Gasteiger partial charge in [0.2, 0.25) is 0 Å². The Morgan fingerprint density at radius 1 is 0.446 bits per heavy atom. The topological polar surface area (TPSA) is 214 Å². The van der Waals surface area contributed by atoms with E-state index < -0.39 is 59.9 Å². The zero-order valence-corrected chi connectivity index (χ0v) is 29.7. The number of carbonyl (C=O) groups is 6. The summed E-state index contributed by atoms with van der Waals surface area (Å²) < 4.78 is 0. The highest BCUT2D eigenvalue weighted by Gasteiger charge is 2.44. The van der Waals surface area contributed by atoms with Gasteiger partial charge in [0, 0.05) is 37.3 Å². The van der Waals surface area contributed by atoms with Gasteiger partial charge in [0.25, 0.3) is 11.8 Å². The van der Waals surface area contributed by atoms with Crippen LogP contribution in [-0.2, 0) is 19.2 Å². The molecule has 6 N–H and O–H groups in total. The van der Waals surface area contributed by atoms with Crippen LogP contribution in [0.3, 0.4) is 0 Å². The van der Waals surface area contributed by atoms with Gasteiger partial charge in [-0.1, -0.05) is 84.9 Å². The molecule has 6 aromatic carbocycles. The molecule has 0 saturated carbocycles. The molecule has 0 aliphatic carbocycles. The van der Waals surface area contributed by atoms with E-state index in [0.717, 1.165) is 52.9 Å². The van der Waals surface area contributed by atoms with Gasteiger partial charge in [0.15, 0.2) is 12.1 Å². The fourth-order valence-electron chi connectivity index (χ4n) is 7.62. The second-order valence-corrected chi connectivity index (χ2v) is 13.5. The van der Waals surface area contributed by atoms with Gasteiger partial charge in [0.1, 0.15) is 12.1 Å². The largest absolute Gasteiger partial charge is 0.480 e. The van der Waals surface area contributed by atoms with Crippen LogP contribution in [0.4, 0.5) is 0 Å². The summed E-state index contributed by atoms with van der Waals surface area (Å²) in [6.07, 6.45) is 0. The maximum absolute atomic E-state index is 13.0. The average molecular weight is 757 g/mol. The average Bonchev–Trinajstić information content (AvgIpc) is 3.22. The Kier molecular flexibility index (Phi) is 10.3. The SMILES string of the molecule is O=C(O)[C@@H]1[C@H](C(=O)O)NCCN1C(=O)c1ccc2c(ccc3ccccc32)c1.O=C(O)[C@H]1NCCN(C(=O)c2ccc3c(ccc4ccccc43)c2)[C@H]1C(=O)O. The van der Waals surface area contributed by atoms with Crippen LogP contribution in [0.25, 0.3) is 43.1 Å². The fourth-order valence-corrected chi connectivity index (χ4v) is 7.62. The number of piperazine rings is 2. The van der Waals surface area contributed by atoms with Crippen molar-refractivity contribution in [2.75, 3.05) is 26.2 Å². The van der Waals surface area contributed by atoms with Crippen molar-refractivity contribution in [1.29, 1.82) is 0 Å². The molecule has 0 bridgehead atoms. The van der Waals surface area contributed by atoms with Crippen molar-refractivity contribution in [3.05, 3.63) is 120 Å². The second-order valence-electron chi connectivity index (χ2n) is 13.5. The van der Waals surface area contributed by atoms with E-state index in [0.29, 0.717) is 11.1 Å². The highest BCUT2D eigenvalue weighted by molar-refractivity contribution is 6.11. The lowest BCUT2D eigenvalue weighted by molar-refractivity contribution is -0.152. The molecule has 4 atom stereocenters. The molecular weight excluding hydrogens is 720 g/mol. The van der Waals surface area contributed by atoms with E-state index in [9.17, 15) is 49.2 Å². The van der Waals surface area contributed by atoms with Crippen molar-refractivity contribution >= 4 is 78.8 Å². The molecule has 6 aromatic rings. The molecule has 0 radical (unpaired) electrons. The lowest BCUT2D eigenvalue weighted by atomic mass is 9.98. The third-order valence-corrected chi connectivity index (χ3v) is 10.3. The number of carbonyl (C=O) groups excluding carboxylic acids is 2. The number of nitrogens with zero attached hydrogens (tertiary/aromatic N) is 2. The van der Waals surface area contributed by atoms with Gasteiger partial charge >= 0.3 is 23.9 Å². The second kappa shape index (κ2) is 15.5. The number of hydrogen-bond donors (Lipinski definition) is 6. The van der Waals surface area contributed by atoms with Crippen molar-refractivity contribution in [2.45, 2.75) is 24.2 Å². The summed E-state index contributed by atoms with van der Waals surface area (Å²) in [5.74, 6) is -6.27. The predicted octanol–water partition coefficient (Wildman–Crippen LogP) is 3.89. The summed E-state index contributed by atoms with van der Waals surface area (Å²) in [6.45, 7) is 0.667. The number of aliphatic carboxylic acids is 4. The molecule has 2 fully saturated rings. The van der Waals surface area contributed by atoms with E-state index in [1.165, 1.54) is 0 Å². The molecule has 56 heavy (non-hydrogen) atoms. The highest BCUT2D eigenvalue weighted by atomic mass is 16.4. The van der Waals surface area contributed by atoms with Gasteiger partial charge in [-0.15, -0.1) is 0 Å². The Morgan fingerprint density at radius 3 is 1.18 bits per heavy atom. The van der Waals surface area contributed by atoms with Crippen LogP contribution in [-0.4, -0.2) is 116 Å². The number of rotatable bonds is 6. The molecule has 8 rings (SSSR count). The summed E-state index contributed by atoms with van der Waals surface area (Å²) in [5.41, 5.74) is 0.667. The first kappa shape index (κ1) is 37.4. The Labute approximate surface area is 318 Å². The number of fused-ring (bicyclic) bond motifs is 6. The van der Waals surface area contributed by atoms with Gasteiger partial charge < -0.3 is 40.9 Å². The lowest BCUT2D eigenvalue weighted by Gasteiger charge is -2.37. The minimum Gasteiger partial charge on any atom is -0.480 e. The maximum Gasteiger partial charge on any atom is 0.328 e. The highest BCUT2D eigenvalue weighted by Crippen LogP contribution is 2.29. The van der Waals surface area contributed by atoms with Gasteiger partial charge in [-0.2, -0.15) is 0 Å². The van der Waals surface area contributed by atoms with E-state index in [4.69, 9.17) is 0 Å². The van der Waals surface area contributed by atoms with Crippen LogP contribution in [0.2, 0.25) is 0 Å². The first-order chi connectivity index (χ1) is 26.9. The van der Waals surface area contributed by atoms with Crippen LogP contribution in [0.1, 0.15) is 20.7 Å². The number of carboxylic acids is 4. The van der Waals surface area contributed by atoms with E-state index in [2.05, 4.69) is 10.6 Å². The zero-order chi connectivity index (χ0) is 39.7. The predicted molar refractivity (Wildman–Crippen MR) is 207 cm³/mol. The van der Waals surface area contributed by atoms with Crippen molar-refractivity contribution < 1.29 is 49.2 Å². The molecular formula is C42H36N4O10. The molecule has 284 valence electrons. The number of hydrogen-bond acceptors (Lipinski definition) is 8. The number of benzene rings is 6. The molecule has 2 aliphatic rings. The molecule has 14 heteroatoms. The molecule has 2 amide bonds. The van der Waals surface area contributed by atoms with Crippen LogP contribution in [0.5, 0.6) is 0 Å². The van der Waals surface area contributed by atoms with Crippen molar-refractivity contribution in [1.82, 2.24) is 20.4 Å². The number of nitrogens with one attached hydrogen (secondary N) is 2. The minimum atomic E-state index is -1.47. The summed E-state index contributed by atoms with van der Waals surface area (Å²) in [5, 5.41) is 51.0. The molecule has 2 aliphatic heterocycles. The molecule has 14 nitrogen and oxygen atoms in total. The summed E-state index contributed by atoms with van der Waals surface area (Å²) >= 11 is 0. The van der Waals surface area contributed by atoms with Gasteiger partial charge in [-0.25, -0.2) is 9.59 Å². The standard InChI is InChI=1S/2C21H18N2O5/c2*24-19(23-10-9-22-17(20(25)26)18(23)21(27)28)14-7-8-16-13(11-14)6-5-12-3-1-2-4-15(12)16/h2*1-8,11,17-18,22H,9-10H2,(H,25,26)(H,27,28)/t2*17-,18+/m10/s1. The Bertz CT molecular complexity index is 2400. The summed E-state index contributed by atoms with van der Waals surface area (Å²) in [4.78, 5) is 74.5. The molecule has 2 heterocycles. The van der Waals surface area contributed by atoms with Crippen LogP contribution in [0, 0.1) is 0 Å². The van der Waals surface area contributed by atoms with Crippen LogP contribution in [0.15, 0.2) is 109 Å². The fraction of sp³-hybridized carbons (Fsp3) is 0.190. The summed E-state index contributed by atoms with van der Waals surface area (Å²) in [6, 6.07) is 28.5. The van der Waals surface area contributed by atoms with Gasteiger partial charge in [-0.05, 0) is 67.4 Å². The Balaban J connectivity index is 0.000000172. The van der Waals surface area contributed by atoms with Crippen molar-refractivity contribution in [2.24, 2.45) is 0 Å². The summed E-state index contributed by atoms with van der Waals surface area (Å²) in [7, 11) is 0. The van der Waals surface area contributed by atoms with Gasteiger partial charge in [-0.3, -0.25) is 19.2 Å². The van der Waals surface area contributed by atoms with Crippen molar-refractivity contribution in [3.8, 4) is 0 Å². The van der Waals surface area contributed by atoms with E-state index in [1.54, 1.807) is 24.3 Å². The van der Waals surface area contributed by atoms with Crippen molar-refractivity contribution in [3.63, 3.8) is 0 Å². The quantitative estimate of drug-likeness (QED) is 0.134. The first-order valence-corrected chi connectivity index (χ1v) is 17.8. The third-order valence-electron chi connectivity index (χ3n) is 10.3. The smallest absolute Gasteiger partial charge is 0.328 e. The molecule has 2 saturated heterocycles. The lowest BCUT2D eigenvalue weighted by Crippen LogP contribution is -2.65. The van der Waals surface area contributed by atoms with Crippen LogP contribution >= 0.6 is 0 Å². The number of carboxylic acid groups (broad SMARTS) is 4. The number of amides is 2. The Morgan fingerprint density at radius 2 is 0.804 bits per heavy atom. The monoisotopic (exact) mass is 756 g/mol. The molecule has 0 unspecified atom stereocenters. The first-order valence-electron chi connectivity index (χ1n) is 17.8. The third kappa shape index (κ3) is 7.06. The molecule has 0 spiro atoms.